The summed E-state index contributed by atoms with van der Waals surface area (Å²) >= 11 is 1.48. The summed E-state index contributed by atoms with van der Waals surface area (Å²) in [6.45, 7) is 4.18. The number of fused-ring (bicyclic) bond motifs is 1. The molecule has 1 aromatic carbocycles. The van der Waals surface area contributed by atoms with Gasteiger partial charge in [0.25, 0.3) is 5.56 Å². The van der Waals surface area contributed by atoms with Gasteiger partial charge in [0, 0.05) is 29.6 Å². The van der Waals surface area contributed by atoms with Gasteiger partial charge in [-0.3, -0.25) is 14.6 Å². The van der Waals surface area contributed by atoms with Gasteiger partial charge in [0.15, 0.2) is 10.9 Å². The van der Waals surface area contributed by atoms with E-state index in [1.807, 2.05) is 48.5 Å². The third-order valence-corrected chi connectivity index (χ3v) is 6.85. The maximum atomic E-state index is 13.3. The number of thioether (sulfide) groups is 1. The second-order valence-corrected chi connectivity index (χ2v) is 10.0. The third kappa shape index (κ3) is 3.88. The quantitative estimate of drug-likeness (QED) is 0.450. The first kappa shape index (κ1) is 20.7. The first-order chi connectivity index (χ1) is 15.4. The molecule has 2 N–H and O–H groups in total. The largest absolute Gasteiger partial charge is 0.343 e. The van der Waals surface area contributed by atoms with E-state index in [1.54, 1.807) is 6.20 Å². The Morgan fingerprint density at radius 2 is 1.84 bits per heavy atom. The lowest BCUT2D eigenvalue weighted by Gasteiger charge is -2.38. The minimum atomic E-state index is -0.518. The number of hydrogen-bond acceptors (Lipinski definition) is 6. The molecule has 1 aliphatic heterocycles. The van der Waals surface area contributed by atoms with Gasteiger partial charge in [-0.1, -0.05) is 62.0 Å². The van der Waals surface area contributed by atoms with Crippen LogP contribution in [0.4, 0.5) is 5.82 Å². The Morgan fingerprint density at radius 3 is 2.59 bits per heavy atom. The highest BCUT2D eigenvalue weighted by Crippen LogP contribution is 2.47. The van der Waals surface area contributed by atoms with Gasteiger partial charge in [-0.2, -0.15) is 0 Å². The number of benzene rings is 1. The molecular formula is C25H24N4O2S. The molecule has 0 radical (unpaired) electrons. The molecule has 2 aliphatic rings. The number of aromatic nitrogens is 3. The second kappa shape index (κ2) is 8.06. The van der Waals surface area contributed by atoms with Crippen LogP contribution in [0.25, 0.3) is 0 Å². The van der Waals surface area contributed by atoms with Gasteiger partial charge in [-0.15, -0.1) is 0 Å². The lowest BCUT2D eigenvalue weighted by molar-refractivity contribution is -0.118. The molecule has 0 saturated carbocycles. The van der Waals surface area contributed by atoms with E-state index < -0.39 is 5.92 Å². The Labute approximate surface area is 190 Å². The molecule has 3 aromatic rings. The topological polar surface area (TPSA) is 87.7 Å². The van der Waals surface area contributed by atoms with Crippen molar-refractivity contribution in [3.8, 4) is 0 Å². The fourth-order valence-electron chi connectivity index (χ4n) is 4.53. The molecule has 0 spiro atoms. The monoisotopic (exact) mass is 444 g/mol. The predicted molar refractivity (Wildman–Crippen MR) is 126 cm³/mol. The molecule has 1 unspecified atom stereocenters. The smallest absolute Gasteiger partial charge is 0.257 e. The van der Waals surface area contributed by atoms with Gasteiger partial charge in [0.1, 0.15) is 5.82 Å². The Hall–Kier alpha value is -3.19. The number of allylic oxidation sites excluding steroid dienone is 2. The van der Waals surface area contributed by atoms with Crippen molar-refractivity contribution in [2.24, 2.45) is 5.41 Å². The number of nitrogens with zero attached hydrogens (tertiary/aromatic N) is 2. The van der Waals surface area contributed by atoms with Crippen molar-refractivity contribution in [3.05, 3.63) is 93.2 Å². The van der Waals surface area contributed by atoms with Gasteiger partial charge in [0.2, 0.25) is 0 Å². The summed E-state index contributed by atoms with van der Waals surface area (Å²) in [5.74, 6) is 0.762. The standard InChI is InChI=1S/C25H24N4O2S/c1-25(2)12-17-19(18(30)13-25)20(16-10-6-7-11-26-16)21-22(27-17)28-24(29-23(21)31)32-14-15-8-4-3-5-9-15/h3-11,20H,12-14H2,1-2H3,(H2,27,28,29,31). The number of nitrogens with one attached hydrogen (secondary N) is 2. The third-order valence-electron chi connectivity index (χ3n) is 5.90. The predicted octanol–water partition coefficient (Wildman–Crippen LogP) is 4.66. The zero-order chi connectivity index (χ0) is 22.3. The zero-order valence-corrected chi connectivity index (χ0v) is 18.8. The molecule has 6 nitrogen and oxygen atoms in total. The van der Waals surface area contributed by atoms with E-state index in [-0.39, 0.29) is 16.8 Å². The summed E-state index contributed by atoms with van der Waals surface area (Å²) in [7, 11) is 0. The number of carbonyl (C=O) groups excluding carboxylic acids is 1. The van der Waals surface area contributed by atoms with Gasteiger partial charge < -0.3 is 10.3 Å². The molecule has 2 aromatic heterocycles. The lowest BCUT2D eigenvalue weighted by atomic mass is 9.70. The lowest BCUT2D eigenvalue weighted by Crippen LogP contribution is -2.37. The summed E-state index contributed by atoms with van der Waals surface area (Å²) < 4.78 is 0. The zero-order valence-electron chi connectivity index (χ0n) is 18.0. The number of hydrogen-bond donors (Lipinski definition) is 2. The summed E-state index contributed by atoms with van der Waals surface area (Å²) in [4.78, 5) is 38.7. The molecule has 5 rings (SSSR count). The minimum Gasteiger partial charge on any atom is -0.343 e. The number of carbonyl (C=O) groups is 1. The van der Waals surface area contributed by atoms with Crippen LogP contribution < -0.4 is 10.9 Å². The summed E-state index contributed by atoms with van der Waals surface area (Å²) in [6.07, 6.45) is 2.86. The average molecular weight is 445 g/mol. The Kier molecular flexibility index (Phi) is 5.21. The molecule has 32 heavy (non-hydrogen) atoms. The van der Waals surface area contributed by atoms with Crippen LogP contribution in [-0.2, 0) is 10.5 Å². The number of Topliss-reactive ketones (excluding diaryl/α,β-unsaturated/α-hetero) is 1. The molecule has 1 aliphatic carbocycles. The minimum absolute atomic E-state index is 0.0620. The number of anilines is 1. The normalized spacial score (nSPS) is 19.2. The second-order valence-electron chi connectivity index (χ2n) is 9.05. The van der Waals surface area contributed by atoms with Crippen molar-refractivity contribution in [1.82, 2.24) is 15.0 Å². The Balaban J connectivity index is 1.59. The molecule has 7 heteroatoms. The first-order valence-electron chi connectivity index (χ1n) is 10.7. The number of pyridine rings is 1. The molecule has 0 saturated heterocycles. The van der Waals surface area contributed by atoms with Gasteiger partial charge >= 0.3 is 0 Å². The molecule has 0 bridgehead atoms. The highest BCUT2D eigenvalue weighted by molar-refractivity contribution is 7.98. The fraction of sp³-hybridized carbons (Fsp3) is 0.280. The van der Waals surface area contributed by atoms with Crippen molar-refractivity contribution in [3.63, 3.8) is 0 Å². The van der Waals surface area contributed by atoms with Crippen molar-refractivity contribution in [1.29, 1.82) is 0 Å². The number of rotatable bonds is 4. The number of H-pyrrole nitrogens is 1. The fourth-order valence-corrected chi connectivity index (χ4v) is 5.35. The highest BCUT2D eigenvalue weighted by atomic mass is 32.2. The van der Waals surface area contributed by atoms with Crippen LogP contribution in [0, 0.1) is 5.41 Å². The average Bonchev–Trinajstić information content (AvgIpc) is 2.77. The van der Waals surface area contributed by atoms with E-state index in [4.69, 9.17) is 4.98 Å². The van der Waals surface area contributed by atoms with Gasteiger partial charge in [-0.25, -0.2) is 4.98 Å². The van der Waals surface area contributed by atoms with Crippen LogP contribution in [0.5, 0.6) is 0 Å². The van der Waals surface area contributed by atoms with E-state index in [1.165, 1.54) is 11.8 Å². The van der Waals surface area contributed by atoms with E-state index in [0.29, 0.717) is 40.0 Å². The SMILES string of the molecule is CC1(C)CC(=O)C2=C(C1)Nc1nc(SCc3ccccc3)[nH]c(=O)c1C2c1ccccn1. The van der Waals surface area contributed by atoms with E-state index >= 15 is 0 Å². The molecule has 0 amide bonds. The van der Waals surface area contributed by atoms with E-state index in [0.717, 1.165) is 17.7 Å². The van der Waals surface area contributed by atoms with Crippen LogP contribution in [0.15, 0.2) is 75.9 Å². The van der Waals surface area contributed by atoms with Gasteiger partial charge in [-0.05, 0) is 29.5 Å². The van der Waals surface area contributed by atoms with Crippen LogP contribution in [0.2, 0.25) is 0 Å². The van der Waals surface area contributed by atoms with E-state index in [2.05, 4.69) is 29.1 Å². The molecular weight excluding hydrogens is 420 g/mol. The van der Waals surface area contributed by atoms with Crippen LogP contribution >= 0.6 is 11.8 Å². The highest BCUT2D eigenvalue weighted by Gasteiger charge is 2.42. The van der Waals surface area contributed by atoms with E-state index in [9.17, 15) is 9.59 Å². The van der Waals surface area contributed by atoms with Crippen LogP contribution in [-0.4, -0.2) is 20.7 Å². The van der Waals surface area contributed by atoms with Crippen LogP contribution in [0.1, 0.15) is 49.4 Å². The first-order valence-corrected chi connectivity index (χ1v) is 11.6. The van der Waals surface area contributed by atoms with Crippen molar-refractivity contribution >= 4 is 23.4 Å². The molecule has 162 valence electrons. The Bertz CT molecular complexity index is 1270. The number of ketones is 1. The summed E-state index contributed by atoms with van der Waals surface area (Å²) in [6, 6.07) is 15.6. The molecule has 0 fully saturated rings. The molecule has 3 heterocycles. The van der Waals surface area contributed by atoms with Crippen molar-refractivity contribution in [2.75, 3.05) is 5.32 Å². The van der Waals surface area contributed by atoms with Crippen molar-refractivity contribution in [2.45, 2.75) is 43.5 Å². The molecule has 1 atom stereocenters. The van der Waals surface area contributed by atoms with Crippen LogP contribution in [0.3, 0.4) is 0 Å². The van der Waals surface area contributed by atoms with Gasteiger partial charge in [0.05, 0.1) is 17.2 Å². The maximum absolute atomic E-state index is 13.3. The summed E-state index contributed by atoms with van der Waals surface area (Å²) in [5, 5.41) is 3.90. The van der Waals surface area contributed by atoms with Crippen molar-refractivity contribution < 1.29 is 4.79 Å². The Morgan fingerprint density at radius 1 is 1.06 bits per heavy atom. The number of aromatic amines is 1. The maximum Gasteiger partial charge on any atom is 0.257 e. The summed E-state index contributed by atoms with van der Waals surface area (Å²) in [5.41, 5.74) is 3.41.